The van der Waals surface area contributed by atoms with E-state index < -0.39 is 6.10 Å². The molecule has 0 aliphatic heterocycles. The monoisotopic (exact) mass is 1100 g/mol. The highest BCUT2D eigenvalue weighted by Gasteiger charge is 2.19. The molecule has 1 atom stereocenters. The van der Waals surface area contributed by atoms with E-state index in [0.717, 1.165) is 167 Å². The van der Waals surface area contributed by atoms with Crippen LogP contribution in [0.15, 0.2) is 158 Å². The van der Waals surface area contributed by atoms with Crippen LogP contribution in [0.3, 0.4) is 0 Å². The van der Waals surface area contributed by atoms with Gasteiger partial charge in [0.1, 0.15) is 13.2 Å². The molecular weight excluding hydrogens is 985 g/mol. The first-order valence-electron chi connectivity index (χ1n) is 32.5. The molecule has 0 spiro atoms. The summed E-state index contributed by atoms with van der Waals surface area (Å²) >= 11 is 0. The second-order valence-electron chi connectivity index (χ2n) is 20.9. The minimum absolute atomic E-state index is 0.105. The van der Waals surface area contributed by atoms with E-state index in [9.17, 15) is 14.4 Å². The number of allylic oxidation sites excluding steroid dienone is 26. The van der Waals surface area contributed by atoms with Crippen molar-refractivity contribution in [2.45, 2.75) is 277 Å². The lowest BCUT2D eigenvalue weighted by Crippen LogP contribution is -2.30. The summed E-state index contributed by atoms with van der Waals surface area (Å²) in [5, 5.41) is 0. The van der Waals surface area contributed by atoms with Crippen molar-refractivity contribution < 1.29 is 28.6 Å². The Labute approximate surface area is 492 Å². The molecule has 0 aliphatic carbocycles. The van der Waals surface area contributed by atoms with Gasteiger partial charge < -0.3 is 14.2 Å². The number of carbonyl (C=O) groups excluding carboxylic acids is 3. The normalized spacial score (nSPS) is 13.2. The van der Waals surface area contributed by atoms with E-state index in [0.29, 0.717) is 19.3 Å². The Kier molecular flexibility index (Phi) is 62.4. The third-order valence-electron chi connectivity index (χ3n) is 13.2. The standard InChI is InChI=1S/C74H118O6/c1-4-7-10-13-16-19-22-25-27-29-31-32-33-34-35-36-37-38-39-40-41-42-43-45-46-49-52-55-58-61-64-67-73(76)79-70-71(69-78-72(75)66-63-60-57-54-51-48-24-21-18-15-12-9-6-3)80-74(77)68-65-62-59-56-53-50-47-44-30-28-26-23-20-17-14-11-8-5-2/h7,10,12,15-16,19-21,23-25,27-28,30-32,34-35,37-38,40-41,43,45,49,52,71H,4-6,8-9,11,13-14,17-18,22,26,29,33,36,39,42,44,46-48,50-51,53-70H2,1-3H3/b10-7-,15-12-,19-16-,23-20-,24-21-,27-25-,30-28-,32-31-,35-34-,38-37-,41-40-,45-43-,52-49-. The molecule has 0 bridgehead atoms. The van der Waals surface area contributed by atoms with Crippen LogP contribution in [0.25, 0.3) is 0 Å². The second kappa shape index (κ2) is 66.5. The molecule has 0 radical (unpaired) electrons. The van der Waals surface area contributed by atoms with E-state index in [-0.39, 0.29) is 31.1 Å². The maximum absolute atomic E-state index is 12.9. The largest absolute Gasteiger partial charge is 0.462 e. The van der Waals surface area contributed by atoms with Gasteiger partial charge in [0.2, 0.25) is 0 Å². The summed E-state index contributed by atoms with van der Waals surface area (Å²) in [4.78, 5) is 38.3. The summed E-state index contributed by atoms with van der Waals surface area (Å²) in [7, 11) is 0. The molecule has 0 saturated carbocycles. The first kappa shape index (κ1) is 75.0. The van der Waals surface area contributed by atoms with Crippen LogP contribution in [0.5, 0.6) is 0 Å². The minimum atomic E-state index is -0.810. The van der Waals surface area contributed by atoms with Crippen LogP contribution < -0.4 is 0 Å². The molecule has 0 N–H and O–H groups in total. The van der Waals surface area contributed by atoms with Gasteiger partial charge in [-0.1, -0.05) is 262 Å². The zero-order valence-electron chi connectivity index (χ0n) is 51.5. The maximum Gasteiger partial charge on any atom is 0.306 e. The van der Waals surface area contributed by atoms with Gasteiger partial charge in [0.05, 0.1) is 0 Å². The summed E-state index contributed by atoms with van der Waals surface area (Å²) in [6.07, 6.45) is 96.7. The number of unbranched alkanes of at least 4 members (excludes halogenated alkanes) is 20. The van der Waals surface area contributed by atoms with Crippen molar-refractivity contribution in [1.82, 2.24) is 0 Å². The Morgan fingerprint density at radius 1 is 0.263 bits per heavy atom. The fourth-order valence-electron chi connectivity index (χ4n) is 8.38. The van der Waals surface area contributed by atoms with Gasteiger partial charge in [0, 0.05) is 19.3 Å². The Balaban J connectivity index is 4.42. The molecule has 6 heteroatoms. The third kappa shape index (κ3) is 63.9. The Morgan fingerprint density at radius 3 is 0.825 bits per heavy atom. The lowest BCUT2D eigenvalue weighted by Gasteiger charge is -2.18. The molecule has 6 nitrogen and oxygen atoms in total. The zero-order valence-corrected chi connectivity index (χ0v) is 51.5. The van der Waals surface area contributed by atoms with Gasteiger partial charge in [-0.15, -0.1) is 0 Å². The number of ether oxygens (including phenoxy) is 3. The van der Waals surface area contributed by atoms with Crippen molar-refractivity contribution in [2.75, 3.05) is 13.2 Å². The molecule has 0 aliphatic rings. The van der Waals surface area contributed by atoms with E-state index >= 15 is 0 Å². The molecule has 0 aromatic carbocycles. The van der Waals surface area contributed by atoms with Gasteiger partial charge in [-0.2, -0.15) is 0 Å². The predicted octanol–water partition coefficient (Wildman–Crippen LogP) is 22.5. The van der Waals surface area contributed by atoms with Crippen molar-refractivity contribution in [1.29, 1.82) is 0 Å². The molecule has 0 aromatic heterocycles. The maximum atomic E-state index is 12.9. The fraction of sp³-hybridized carbons (Fsp3) is 0.608. The predicted molar refractivity (Wildman–Crippen MR) is 348 cm³/mol. The van der Waals surface area contributed by atoms with Crippen molar-refractivity contribution in [2.24, 2.45) is 0 Å². The molecule has 0 fully saturated rings. The summed E-state index contributed by atoms with van der Waals surface area (Å²) < 4.78 is 16.9. The van der Waals surface area contributed by atoms with E-state index in [2.05, 4.69) is 179 Å². The number of carbonyl (C=O) groups is 3. The number of hydrogen-bond acceptors (Lipinski definition) is 6. The number of hydrogen-bond donors (Lipinski definition) is 0. The SMILES string of the molecule is CC/C=C\C/C=C\C/C=C\C/C=C\C/C=C\C/C=C\C/C=C\C/C=C\C/C=C\CCCCCC(=O)OCC(COC(=O)CCCCCCC/C=C\C/C=C\CCC)OC(=O)CCCCCCCCC/C=C\C/C=C\CCCCCC. The lowest BCUT2D eigenvalue weighted by atomic mass is 10.1. The van der Waals surface area contributed by atoms with E-state index in [4.69, 9.17) is 14.2 Å². The molecule has 0 rings (SSSR count). The highest BCUT2D eigenvalue weighted by atomic mass is 16.6. The number of rotatable bonds is 57. The van der Waals surface area contributed by atoms with Gasteiger partial charge in [-0.3, -0.25) is 14.4 Å². The van der Waals surface area contributed by atoms with Crippen LogP contribution in [0.2, 0.25) is 0 Å². The van der Waals surface area contributed by atoms with Crippen molar-refractivity contribution in [3.8, 4) is 0 Å². The van der Waals surface area contributed by atoms with Crippen molar-refractivity contribution >= 4 is 17.9 Å². The Bertz CT molecular complexity index is 1790. The molecule has 1 unspecified atom stereocenters. The first-order valence-corrected chi connectivity index (χ1v) is 32.5. The zero-order chi connectivity index (χ0) is 57.8. The van der Waals surface area contributed by atoms with Gasteiger partial charge in [-0.25, -0.2) is 0 Å². The first-order chi connectivity index (χ1) is 39.5. The molecule has 80 heavy (non-hydrogen) atoms. The molecule has 0 aromatic rings. The quantitative estimate of drug-likeness (QED) is 0.0261. The van der Waals surface area contributed by atoms with Crippen molar-refractivity contribution in [3.63, 3.8) is 0 Å². The van der Waals surface area contributed by atoms with Crippen LogP contribution in [0.1, 0.15) is 271 Å². The lowest BCUT2D eigenvalue weighted by molar-refractivity contribution is -0.167. The fourth-order valence-corrected chi connectivity index (χ4v) is 8.38. The van der Waals surface area contributed by atoms with Crippen molar-refractivity contribution in [3.05, 3.63) is 158 Å². The van der Waals surface area contributed by atoms with Gasteiger partial charge in [-0.05, 0) is 148 Å². The molecule has 0 saturated heterocycles. The smallest absolute Gasteiger partial charge is 0.306 e. The minimum Gasteiger partial charge on any atom is -0.462 e. The van der Waals surface area contributed by atoms with Gasteiger partial charge >= 0.3 is 17.9 Å². The Morgan fingerprint density at radius 2 is 0.512 bits per heavy atom. The highest BCUT2D eigenvalue weighted by Crippen LogP contribution is 2.14. The van der Waals surface area contributed by atoms with Gasteiger partial charge in [0.25, 0.3) is 0 Å². The Hall–Kier alpha value is -4.97. The summed E-state index contributed by atoms with van der Waals surface area (Å²) in [5.41, 5.74) is 0. The van der Waals surface area contributed by atoms with Crippen LogP contribution in [-0.4, -0.2) is 37.2 Å². The summed E-state index contributed by atoms with van der Waals surface area (Å²) in [6.45, 7) is 6.40. The number of esters is 3. The van der Waals surface area contributed by atoms with Crippen LogP contribution in [-0.2, 0) is 28.6 Å². The average Bonchev–Trinajstić information content (AvgIpc) is 3.46. The summed E-state index contributed by atoms with van der Waals surface area (Å²) in [6, 6.07) is 0. The second-order valence-corrected chi connectivity index (χ2v) is 20.9. The van der Waals surface area contributed by atoms with E-state index in [1.807, 2.05) is 0 Å². The van der Waals surface area contributed by atoms with E-state index in [1.165, 1.54) is 64.2 Å². The summed E-state index contributed by atoms with van der Waals surface area (Å²) in [5.74, 6) is -0.963. The molecule has 0 amide bonds. The average molecular weight is 1100 g/mol. The molecular formula is C74H118O6. The molecule has 450 valence electrons. The molecule has 0 heterocycles. The van der Waals surface area contributed by atoms with Crippen LogP contribution >= 0.6 is 0 Å². The van der Waals surface area contributed by atoms with Gasteiger partial charge in [0.15, 0.2) is 6.10 Å². The highest BCUT2D eigenvalue weighted by molar-refractivity contribution is 5.71. The topological polar surface area (TPSA) is 78.9 Å². The van der Waals surface area contributed by atoms with Crippen LogP contribution in [0.4, 0.5) is 0 Å². The third-order valence-corrected chi connectivity index (χ3v) is 13.2. The van der Waals surface area contributed by atoms with Crippen LogP contribution in [0, 0.1) is 0 Å². The van der Waals surface area contributed by atoms with E-state index in [1.54, 1.807) is 0 Å².